The summed E-state index contributed by atoms with van der Waals surface area (Å²) >= 11 is 0. The van der Waals surface area contributed by atoms with Gasteiger partial charge in [-0.2, -0.15) is 0 Å². The third kappa shape index (κ3) is 2.98. The number of hydrogen-bond donors (Lipinski definition) is 1. The van der Waals surface area contributed by atoms with Gasteiger partial charge in [0.05, 0.1) is 0 Å². The van der Waals surface area contributed by atoms with E-state index >= 15 is 0 Å². The maximum Gasteiger partial charge on any atom is 0.00721 e. The fourth-order valence-electron chi connectivity index (χ4n) is 3.06. The average Bonchev–Trinajstić information content (AvgIpc) is 2.61. The Balaban J connectivity index is 1.43. The fourth-order valence-corrected chi connectivity index (χ4v) is 3.06. The van der Waals surface area contributed by atoms with Crippen LogP contribution in [0.4, 0.5) is 0 Å². The molecule has 0 radical (unpaired) electrons. The van der Waals surface area contributed by atoms with Crippen LogP contribution in [-0.2, 0) is 0 Å². The monoisotopic (exact) mass is 195 g/mol. The van der Waals surface area contributed by atoms with Crippen LogP contribution in [0.25, 0.3) is 0 Å². The molecule has 0 aliphatic heterocycles. The van der Waals surface area contributed by atoms with Gasteiger partial charge >= 0.3 is 0 Å². The molecule has 0 amide bonds. The van der Waals surface area contributed by atoms with Gasteiger partial charge in [-0.05, 0) is 44.1 Å². The van der Waals surface area contributed by atoms with Gasteiger partial charge in [0.1, 0.15) is 0 Å². The summed E-state index contributed by atoms with van der Waals surface area (Å²) in [6.07, 6.45) is 11.8. The van der Waals surface area contributed by atoms with Crippen LogP contribution in [0.2, 0.25) is 0 Å². The summed E-state index contributed by atoms with van der Waals surface area (Å²) in [7, 11) is 0. The number of rotatable bonds is 5. The number of nitrogens with one attached hydrogen (secondary N) is 1. The molecule has 2 aliphatic carbocycles. The molecule has 1 nitrogen and oxygen atoms in total. The van der Waals surface area contributed by atoms with Crippen LogP contribution in [0.15, 0.2) is 0 Å². The van der Waals surface area contributed by atoms with Gasteiger partial charge < -0.3 is 5.32 Å². The topological polar surface area (TPSA) is 12.0 Å². The predicted octanol–water partition coefficient (Wildman–Crippen LogP) is 3.34. The second kappa shape index (κ2) is 5.16. The predicted molar refractivity (Wildman–Crippen MR) is 61.4 cm³/mol. The van der Waals surface area contributed by atoms with Crippen molar-refractivity contribution < 1.29 is 0 Å². The molecule has 0 aromatic rings. The summed E-state index contributed by atoms with van der Waals surface area (Å²) in [5.41, 5.74) is 0. The van der Waals surface area contributed by atoms with Crippen molar-refractivity contribution in [3.05, 3.63) is 0 Å². The molecule has 0 unspecified atom stereocenters. The highest BCUT2D eigenvalue weighted by Crippen LogP contribution is 2.29. The van der Waals surface area contributed by atoms with Crippen molar-refractivity contribution in [1.29, 1.82) is 0 Å². The van der Waals surface area contributed by atoms with Gasteiger partial charge in [-0.15, -0.1) is 0 Å². The average molecular weight is 195 g/mol. The minimum absolute atomic E-state index is 0.869. The molecule has 0 aromatic heterocycles. The second-order valence-corrected chi connectivity index (χ2v) is 5.52. The van der Waals surface area contributed by atoms with E-state index in [2.05, 4.69) is 12.2 Å². The zero-order chi connectivity index (χ0) is 9.80. The van der Waals surface area contributed by atoms with Crippen LogP contribution >= 0.6 is 0 Å². The molecule has 0 aromatic carbocycles. The Morgan fingerprint density at radius 2 is 1.86 bits per heavy atom. The van der Waals surface area contributed by atoms with Crippen LogP contribution in [0.5, 0.6) is 0 Å². The molecule has 0 saturated heterocycles. The van der Waals surface area contributed by atoms with Gasteiger partial charge in [-0.1, -0.05) is 32.6 Å². The lowest BCUT2D eigenvalue weighted by Gasteiger charge is -2.33. The van der Waals surface area contributed by atoms with Crippen molar-refractivity contribution in [2.75, 3.05) is 6.54 Å². The van der Waals surface area contributed by atoms with E-state index in [4.69, 9.17) is 0 Å². The smallest absolute Gasteiger partial charge is 0.00721 e. The largest absolute Gasteiger partial charge is 0.314 e. The highest BCUT2D eigenvalue weighted by molar-refractivity contribution is 4.82. The summed E-state index contributed by atoms with van der Waals surface area (Å²) in [6, 6.07) is 0.869. The summed E-state index contributed by atoms with van der Waals surface area (Å²) in [6.45, 7) is 3.63. The first-order valence-electron chi connectivity index (χ1n) is 6.58. The van der Waals surface area contributed by atoms with Gasteiger partial charge in [-0.25, -0.2) is 0 Å². The second-order valence-electron chi connectivity index (χ2n) is 5.52. The minimum Gasteiger partial charge on any atom is -0.314 e. The van der Waals surface area contributed by atoms with Crippen LogP contribution in [0, 0.1) is 11.8 Å². The maximum atomic E-state index is 3.67. The highest BCUT2D eigenvalue weighted by atomic mass is 14.9. The molecule has 14 heavy (non-hydrogen) atoms. The van der Waals surface area contributed by atoms with E-state index < -0.39 is 0 Å². The first kappa shape index (κ1) is 10.5. The van der Waals surface area contributed by atoms with Crippen molar-refractivity contribution >= 4 is 0 Å². The third-order valence-electron chi connectivity index (χ3n) is 4.07. The van der Waals surface area contributed by atoms with E-state index in [-0.39, 0.29) is 0 Å². The molecule has 82 valence electrons. The highest BCUT2D eigenvalue weighted by Gasteiger charge is 2.24. The molecular weight excluding hydrogens is 170 g/mol. The molecule has 2 aliphatic rings. The van der Waals surface area contributed by atoms with Gasteiger partial charge in [0, 0.05) is 6.04 Å². The van der Waals surface area contributed by atoms with Crippen LogP contribution in [-0.4, -0.2) is 12.6 Å². The Morgan fingerprint density at radius 3 is 2.50 bits per heavy atom. The molecule has 2 rings (SSSR count). The molecule has 0 spiro atoms. The Bertz CT molecular complexity index is 155. The van der Waals surface area contributed by atoms with Crippen molar-refractivity contribution in [3.63, 3.8) is 0 Å². The number of hydrogen-bond acceptors (Lipinski definition) is 1. The molecule has 0 atom stereocenters. The van der Waals surface area contributed by atoms with Gasteiger partial charge in [0.25, 0.3) is 0 Å². The molecule has 2 fully saturated rings. The minimum atomic E-state index is 0.869. The van der Waals surface area contributed by atoms with Crippen LogP contribution in [0.1, 0.15) is 58.3 Å². The lowest BCUT2D eigenvalue weighted by Crippen LogP contribution is -2.40. The van der Waals surface area contributed by atoms with E-state index in [0.717, 1.165) is 17.9 Å². The lowest BCUT2D eigenvalue weighted by atomic mass is 9.82. The summed E-state index contributed by atoms with van der Waals surface area (Å²) < 4.78 is 0. The zero-order valence-electron chi connectivity index (χ0n) is 9.60. The molecule has 1 heteroatoms. The Kier molecular flexibility index (Phi) is 3.86. The summed E-state index contributed by atoms with van der Waals surface area (Å²) in [5.74, 6) is 2.07. The maximum absolute atomic E-state index is 3.67. The molecule has 1 N–H and O–H groups in total. The Labute approximate surface area is 88.7 Å². The van der Waals surface area contributed by atoms with E-state index in [9.17, 15) is 0 Å². The van der Waals surface area contributed by atoms with Crippen molar-refractivity contribution in [1.82, 2.24) is 5.32 Å². The summed E-state index contributed by atoms with van der Waals surface area (Å²) in [5, 5.41) is 3.67. The zero-order valence-corrected chi connectivity index (χ0v) is 9.60. The summed E-state index contributed by atoms with van der Waals surface area (Å²) in [4.78, 5) is 0. The van der Waals surface area contributed by atoms with Crippen LogP contribution in [0.3, 0.4) is 0 Å². The molecule has 0 bridgehead atoms. The fraction of sp³-hybridized carbons (Fsp3) is 1.00. The first-order valence-corrected chi connectivity index (χ1v) is 6.58. The van der Waals surface area contributed by atoms with E-state index in [1.54, 1.807) is 0 Å². The molecular formula is C13H25N. The third-order valence-corrected chi connectivity index (χ3v) is 4.07. The van der Waals surface area contributed by atoms with E-state index in [0.29, 0.717) is 0 Å². The molecule has 2 saturated carbocycles. The standard InChI is InChI=1S/C13H25N/c1-11-9-13(10-11)14-8-4-7-12-5-2-3-6-12/h11-14H,2-10H2,1H3. The van der Waals surface area contributed by atoms with E-state index in [1.165, 1.54) is 57.9 Å². The Hall–Kier alpha value is -0.0400. The van der Waals surface area contributed by atoms with Gasteiger partial charge in [-0.3, -0.25) is 0 Å². The van der Waals surface area contributed by atoms with Crippen LogP contribution < -0.4 is 5.32 Å². The van der Waals surface area contributed by atoms with Gasteiger partial charge in [0.15, 0.2) is 0 Å². The van der Waals surface area contributed by atoms with E-state index in [1.807, 2.05) is 0 Å². The van der Waals surface area contributed by atoms with Crippen molar-refractivity contribution in [2.45, 2.75) is 64.3 Å². The quantitative estimate of drug-likeness (QED) is 0.663. The lowest BCUT2D eigenvalue weighted by molar-refractivity contribution is 0.239. The SMILES string of the molecule is CC1CC(NCCCC2CCCC2)C1. The van der Waals surface area contributed by atoms with Crippen molar-refractivity contribution in [3.8, 4) is 0 Å². The molecule has 0 heterocycles. The Morgan fingerprint density at radius 1 is 1.14 bits per heavy atom. The van der Waals surface area contributed by atoms with Crippen molar-refractivity contribution in [2.24, 2.45) is 11.8 Å². The first-order chi connectivity index (χ1) is 6.84. The normalized spacial score (nSPS) is 33.2. The van der Waals surface area contributed by atoms with Gasteiger partial charge in [0.2, 0.25) is 0 Å².